The number of aromatic nitrogens is 7. The van der Waals surface area contributed by atoms with Gasteiger partial charge in [-0.1, -0.05) is 35.2 Å². The van der Waals surface area contributed by atoms with Crippen molar-refractivity contribution >= 4 is 17.7 Å². The normalized spacial score (nSPS) is 10.8. The Bertz CT molecular complexity index is 816. The molecule has 2 N–H and O–H groups in total. The molecule has 9 nitrogen and oxygen atoms in total. The molecule has 0 aliphatic rings. The molecule has 0 saturated carbocycles. The standard InChI is InChI=1S/C13H13N7O2S/c1-8-4-2-3-5-9(8)20-11(6-10-14-18-19-15-10)16-17-13(20)23-7-12(21)22/h2-5H,6-7H2,1H3,(H,21,22)(H,14,15,18,19). The Morgan fingerprint density at radius 2 is 2.13 bits per heavy atom. The third kappa shape index (κ3) is 3.37. The Kier molecular flexibility index (Phi) is 4.33. The average molecular weight is 331 g/mol. The summed E-state index contributed by atoms with van der Waals surface area (Å²) in [6.45, 7) is 1.97. The van der Waals surface area contributed by atoms with Gasteiger partial charge in [-0.05, 0) is 18.6 Å². The van der Waals surface area contributed by atoms with Crippen molar-refractivity contribution in [1.29, 1.82) is 0 Å². The minimum Gasteiger partial charge on any atom is -0.481 e. The zero-order valence-electron chi connectivity index (χ0n) is 12.2. The topological polar surface area (TPSA) is 122 Å². The van der Waals surface area contributed by atoms with E-state index in [1.54, 1.807) is 0 Å². The van der Waals surface area contributed by atoms with Crippen molar-refractivity contribution in [3.05, 3.63) is 41.5 Å². The summed E-state index contributed by atoms with van der Waals surface area (Å²) in [7, 11) is 0. The second-order valence-corrected chi connectivity index (χ2v) is 5.65. The molecule has 0 aliphatic carbocycles. The van der Waals surface area contributed by atoms with E-state index in [2.05, 4.69) is 30.8 Å². The molecule has 10 heteroatoms. The Hall–Kier alpha value is -2.75. The lowest BCUT2D eigenvalue weighted by Crippen LogP contribution is -2.07. The molecule has 0 bridgehead atoms. The quantitative estimate of drug-likeness (QED) is 0.638. The van der Waals surface area contributed by atoms with Gasteiger partial charge in [0.25, 0.3) is 0 Å². The van der Waals surface area contributed by atoms with E-state index in [1.807, 2.05) is 35.8 Å². The summed E-state index contributed by atoms with van der Waals surface area (Å²) in [5, 5.41) is 31.5. The van der Waals surface area contributed by atoms with Crippen LogP contribution in [0.1, 0.15) is 17.2 Å². The maximum atomic E-state index is 10.8. The number of nitrogens with zero attached hydrogens (tertiary/aromatic N) is 6. The molecule has 118 valence electrons. The molecule has 0 fully saturated rings. The van der Waals surface area contributed by atoms with E-state index in [4.69, 9.17) is 5.11 Å². The molecule has 0 unspecified atom stereocenters. The second-order valence-electron chi connectivity index (χ2n) is 4.71. The van der Waals surface area contributed by atoms with Crippen molar-refractivity contribution in [2.45, 2.75) is 18.5 Å². The Morgan fingerprint density at radius 1 is 1.30 bits per heavy atom. The molecule has 0 amide bonds. The van der Waals surface area contributed by atoms with Gasteiger partial charge in [-0.2, -0.15) is 5.21 Å². The van der Waals surface area contributed by atoms with E-state index < -0.39 is 5.97 Å². The first-order valence-corrected chi connectivity index (χ1v) is 7.71. The molecule has 0 atom stereocenters. The highest BCUT2D eigenvalue weighted by molar-refractivity contribution is 7.99. The maximum Gasteiger partial charge on any atom is 0.313 e. The van der Waals surface area contributed by atoms with Gasteiger partial charge in [-0.25, -0.2) is 0 Å². The van der Waals surface area contributed by atoms with Gasteiger partial charge in [0, 0.05) is 0 Å². The molecule has 23 heavy (non-hydrogen) atoms. The first-order chi connectivity index (χ1) is 11.1. The summed E-state index contributed by atoms with van der Waals surface area (Å²) in [6, 6.07) is 7.75. The fraction of sp³-hybridized carbons (Fsp3) is 0.231. The van der Waals surface area contributed by atoms with E-state index in [1.165, 1.54) is 0 Å². The molecule has 3 rings (SSSR count). The van der Waals surface area contributed by atoms with Crippen LogP contribution in [0.4, 0.5) is 0 Å². The molecular formula is C13H13N7O2S. The van der Waals surface area contributed by atoms with Crippen LogP contribution in [0, 0.1) is 6.92 Å². The van der Waals surface area contributed by atoms with E-state index in [0.29, 0.717) is 23.2 Å². The third-order valence-electron chi connectivity index (χ3n) is 3.09. The maximum absolute atomic E-state index is 10.8. The number of aryl methyl sites for hydroxylation is 1. The second kappa shape index (κ2) is 6.57. The van der Waals surface area contributed by atoms with Crippen molar-refractivity contribution in [2.24, 2.45) is 0 Å². The molecule has 0 radical (unpaired) electrons. The highest BCUT2D eigenvalue weighted by atomic mass is 32.2. The summed E-state index contributed by atoms with van der Waals surface area (Å²) >= 11 is 1.12. The van der Waals surface area contributed by atoms with E-state index >= 15 is 0 Å². The molecule has 2 heterocycles. The highest BCUT2D eigenvalue weighted by Crippen LogP contribution is 2.24. The smallest absolute Gasteiger partial charge is 0.313 e. The Balaban J connectivity index is 2.02. The summed E-state index contributed by atoms with van der Waals surface area (Å²) in [5.41, 5.74) is 1.92. The van der Waals surface area contributed by atoms with Crippen LogP contribution in [-0.2, 0) is 11.2 Å². The van der Waals surface area contributed by atoms with Gasteiger partial charge in [-0.15, -0.1) is 20.4 Å². The molecule has 3 aromatic rings. The van der Waals surface area contributed by atoms with Gasteiger partial charge in [0.2, 0.25) is 0 Å². The van der Waals surface area contributed by atoms with Crippen LogP contribution in [0.3, 0.4) is 0 Å². The lowest BCUT2D eigenvalue weighted by Gasteiger charge is -2.11. The molecule has 0 saturated heterocycles. The van der Waals surface area contributed by atoms with Crippen LogP contribution in [0.2, 0.25) is 0 Å². The van der Waals surface area contributed by atoms with Gasteiger partial charge in [0.15, 0.2) is 11.0 Å². The number of carboxylic acid groups (broad SMARTS) is 1. The van der Waals surface area contributed by atoms with Crippen LogP contribution < -0.4 is 0 Å². The molecular weight excluding hydrogens is 318 g/mol. The SMILES string of the molecule is Cc1ccccc1-n1c(Cc2nn[nH]n2)nnc1SCC(=O)O. The lowest BCUT2D eigenvalue weighted by molar-refractivity contribution is -0.133. The first-order valence-electron chi connectivity index (χ1n) is 6.72. The number of aromatic amines is 1. The fourth-order valence-electron chi connectivity index (χ4n) is 2.09. The number of thioether (sulfide) groups is 1. The zero-order valence-corrected chi connectivity index (χ0v) is 13.0. The van der Waals surface area contributed by atoms with E-state index in [0.717, 1.165) is 23.0 Å². The van der Waals surface area contributed by atoms with Crippen molar-refractivity contribution in [3.63, 3.8) is 0 Å². The number of rotatable bonds is 6. The number of hydrogen-bond donors (Lipinski definition) is 2. The van der Waals surface area contributed by atoms with Crippen molar-refractivity contribution in [3.8, 4) is 5.69 Å². The minimum atomic E-state index is -0.908. The largest absolute Gasteiger partial charge is 0.481 e. The molecule has 1 aromatic carbocycles. The third-order valence-corrected chi connectivity index (χ3v) is 4.00. The fourth-order valence-corrected chi connectivity index (χ4v) is 2.77. The summed E-state index contributed by atoms with van der Waals surface area (Å²) in [6.07, 6.45) is 0.339. The number of carbonyl (C=O) groups is 1. The van der Waals surface area contributed by atoms with Crippen LogP contribution in [-0.4, -0.2) is 52.2 Å². The van der Waals surface area contributed by atoms with E-state index in [-0.39, 0.29) is 5.75 Å². The Labute approximate surface area is 135 Å². The van der Waals surface area contributed by atoms with Crippen molar-refractivity contribution in [2.75, 3.05) is 5.75 Å². The Morgan fingerprint density at radius 3 is 2.83 bits per heavy atom. The van der Waals surface area contributed by atoms with Crippen LogP contribution in [0.15, 0.2) is 29.4 Å². The van der Waals surface area contributed by atoms with Gasteiger partial charge >= 0.3 is 5.97 Å². The summed E-state index contributed by atoms with van der Waals surface area (Å²) in [5.74, 6) is 0.108. The first kappa shape index (κ1) is 15.2. The molecule has 0 aliphatic heterocycles. The lowest BCUT2D eigenvalue weighted by atomic mass is 10.2. The van der Waals surface area contributed by atoms with Crippen LogP contribution in [0.25, 0.3) is 5.69 Å². The highest BCUT2D eigenvalue weighted by Gasteiger charge is 2.18. The number of para-hydroxylation sites is 1. The summed E-state index contributed by atoms with van der Waals surface area (Å²) in [4.78, 5) is 10.8. The number of aliphatic carboxylic acids is 1. The van der Waals surface area contributed by atoms with E-state index in [9.17, 15) is 4.79 Å². The number of hydrogen-bond acceptors (Lipinski definition) is 7. The van der Waals surface area contributed by atoms with Gasteiger partial charge in [0.05, 0.1) is 17.9 Å². The minimum absolute atomic E-state index is 0.0910. The van der Waals surface area contributed by atoms with Gasteiger partial charge in [0.1, 0.15) is 5.82 Å². The van der Waals surface area contributed by atoms with Crippen molar-refractivity contribution < 1.29 is 9.90 Å². The van der Waals surface area contributed by atoms with Gasteiger partial charge in [-0.3, -0.25) is 9.36 Å². The number of carboxylic acids is 1. The molecule has 0 spiro atoms. The van der Waals surface area contributed by atoms with Crippen LogP contribution in [0.5, 0.6) is 0 Å². The van der Waals surface area contributed by atoms with Crippen LogP contribution >= 0.6 is 11.8 Å². The average Bonchev–Trinajstić information content (AvgIpc) is 3.16. The number of benzene rings is 1. The van der Waals surface area contributed by atoms with Crippen molar-refractivity contribution in [1.82, 2.24) is 35.4 Å². The number of tetrazole rings is 1. The number of nitrogens with one attached hydrogen (secondary N) is 1. The van der Waals surface area contributed by atoms with Gasteiger partial charge < -0.3 is 5.11 Å². The number of H-pyrrole nitrogens is 1. The monoisotopic (exact) mass is 331 g/mol. The predicted molar refractivity (Wildman–Crippen MR) is 81.4 cm³/mol. The summed E-state index contributed by atoms with van der Waals surface area (Å²) < 4.78 is 1.83. The molecule has 2 aromatic heterocycles. The predicted octanol–water partition coefficient (Wildman–Crippen LogP) is 0.856. The zero-order chi connectivity index (χ0) is 16.2.